The molecule has 0 saturated heterocycles. The van der Waals surface area contributed by atoms with Crippen LogP contribution in [0.3, 0.4) is 0 Å². The Morgan fingerprint density at radius 1 is 1.14 bits per heavy atom. The highest BCUT2D eigenvalue weighted by Gasteiger charge is 2.34. The van der Waals surface area contributed by atoms with Crippen LogP contribution in [0.2, 0.25) is 0 Å². The van der Waals surface area contributed by atoms with Crippen LogP contribution in [0.25, 0.3) is 0 Å². The third-order valence-corrected chi connectivity index (χ3v) is 4.66. The molecular formula is C19H21NO2. The summed E-state index contributed by atoms with van der Waals surface area (Å²) in [6, 6.07) is 16.2. The standard InChI is InChI=1S/C19H21NO2/c1-13-7-3-5-9-16(13)18-17-10-6-4-8-15(17)11-12-20(18)14(2)19(21)22/h3-10,14,18H,11-12H2,1-2H3,(H,21,22)/t14-,18-/m0/s1. The third-order valence-electron chi connectivity index (χ3n) is 4.66. The number of hydrogen-bond acceptors (Lipinski definition) is 2. The summed E-state index contributed by atoms with van der Waals surface area (Å²) >= 11 is 0. The molecule has 2 aromatic rings. The Hall–Kier alpha value is -2.13. The summed E-state index contributed by atoms with van der Waals surface area (Å²) in [4.78, 5) is 13.6. The van der Waals surface area contributed by atoms with E-state index in [1.807, 2.05) is 18.2 Å². The zero-order chi connectivity index (χ0) is 15.7. The van der Waals surface area contributed by atoms with Gasteiger partial charge in [0.1, 0.15) is 6.04 Å². The number of carboxylic acids is 1. The molecule has 1 aliphatic rings. The molecule has 114 valence electrons. The van der Waals surface area contributed by atoms with Crippen molar-refractivity contribution in [2.75, 3.05) is 6.54 Å². The molecule has 0 aliphatic carbocycles. The number of benzene rings is 2. The molecule has 3 rings (SSSR count). The molecule has 0 spiro atoms. The van der Waals surface area contributed by atoms with E-state index in [1.54, 1.807) is 6.92 Å². The van der Waals surface area contributed by atoms with E-state index in [2.05, 4.69) is 42.2 Å². The van der Waals surface area contributed by atoms with E-state index >= 15 is 0 Å². The largest absolute Gasteiger partial charge is 0.480 e. The predicted molar refractivity (Wildman–Crippen MR) is 87.0 cm³/mol. The second-order valence-corrected chi connectivity index (χ2v) is 5.96. The molecule has 0 unspecified atom stereocenters. The van der Waals surface area contributed by atoms with Crippen LogP contribution in [0.1, 0.15) is 35.2 Å². The minimum absolute atomic E-state index is 0.0113. The number of aryl methyl sites for hydroxylation is 1. The summed E-state index contributed by atoms with van der Waals surface area (Å²) in [6.07, 6.45) is 0.899. The highest BCUT2D eigenvalue weighted by Crippen LogP contribution is 2.37. The molecule has 0 radical (unpaired) electrons. The number of fused-ring (bicyclic) bond motifs is 1. The van der Waals surface area contributed by atoms with Crippen molar-refractivity contribution < 1.29 is 9.90 Å². The van der Waals surface area contributed by atoms with Gasteiger partial charge in [-0.3, -0.25) is 9.69 Å². The molecule has 1 heterocycles. The van der Waals surface area contributed by atoms with Gasteiger partial charge in [-0.2, -0.15) is 0 Å². The van der Waals surface area contributed by atoms with Crippen molar-refractivity contribution in [1.29, 1.82) is 0 Å². The minimum Gasteiger partial charge on any atom is -0.480 e. The summed E-state index contributed by atoms with van der Waals surface area (Å²) in [5.74, 6) is -0.766. The van der Waals surface area contributed by atoms with Crippen molar-refractivity contribution >= 4 is 5.97 Å². The Kier molecular flexibility index (Phi) is 3.99. The molecule has 0 saturated carbocycles. The molecule has 2 atom stereocenters. The van der Waals surface area contributed by atoms with Gasteiger partial charge in [0.15, 0.2) is 0 Å². The molecular weight excluding hydrogens is 274 g/mol. The number of aliphatic carboxylic acids is 1. The van der Waals surface area contributed by atoms with E-state index in [1.165, 1.54) is 22.3 Å². The van der Waals surface area contributed by atoms with Gasteiger partial charge >= 0.3 is 5.97 Å². The Bertz CT molecular complexity index is 695. The second-order valence-electron chi connectivity index (χ2n) is 5.96. The van der Waals surface area contributed by atoms with Gasteiger partial charge in [0.2, 0.25) is 0 Å². The van der Waals surface area contributed by atoms with E-state index in [0.717, 1.165) is 13.0 Å². The Morgan fingerprint density at radius 2 is 1.77 bits per heavy atom. The van der Waals surface area contributed by atoms with Crippen molar-refractivity contribution in [2.45, 2.75) is 32.4 Å². The summed E-state index contributed by atoms with van der Waals surface area (Å²) < 4.78 is 0. The summed E-state index contributed by atoms with van der Waals surface area (Å²) in [6.45, 7) is 4.64. The van der Waals surface area contributed by atoms with Crippen LogP contribution in [0.4, 0.5) is 0 Å². The van der Waals surface area contributed by atoms with E-state index < -0.39 is 12.0 Å². The van der Waals surface area contributed by atoms with Gasteiger partial charge in [0, 0.05) is 6.54 Å². The molecule has 3 nitrogen and oxygen atoms in total. The molecule has 1 N–H and O–H groups in total. The van der Waals surface area contributed by atoms with Gasteiger partial charge in [-0.15, -0.1) is 0 Å². The van der Waals surface area contributed by atoms with Gasteiger partial charge in [-0.25, -0.2) is 0 Å². The summed E-state index contributed by atoms with van der Waals surface area (Å²) in [5.41, 5.74) is 4.95. The van der Waals surface area contributed by atoms with Crippen molar-refractivity contribution in [3.63, 3.8) is 0 Å². The predicted octanol–water partition coefficient (Wildman–Crippen LogP) is 3.42. The van der Waals surface area contributed by atoms with Crippen LogP contribution in [-0.2, 0) is 11.2 Å². The average molecular weight is 295 g/mol. The van der Waals surface area contributed by atoms with Crippen LogP contribution in [0.15, 0.2) is 48.5 Å². The Labute approximate surface area is 131 Å². The topological polar surface area (TPSA) is 40.5 Å². The lowest BCUT2D eigenvalue weighted by molar-refractivity contribution is -0.143. The summed E-state index contributed by atoms with van der Waals surface area (Å²) in [5, 5.41) is 9.47. The fourth-order valence-corrected chi connectivity index (χ4v) is 3.38. The van der Waals surface area contributed by atoms with Gasteiger partial charge < -0.3 is 5.11 Å². The quantitative estimate of drug-likeness (QED) is 0.943. The normalized spacial score (nSPS) is 19.5. The van der Waals surface area contributed by atoms with Gasteiger partial charge in [0.25, 0.3) is 0 Å². The zero-order valence-electron chi connectivity index (χ0n) is 13.0. The van der Waals surface area contributed by atoms with E-state index in [0.29, 0.717) is 0 Å². The number of carbonyl (C=O) groups is 1. The molecule has 0 amide bonds. The van der Waals surface area contributed by atoms with Gasteiger partial charge in [-0.1, -0.05) is 48.5 Å². The molecule has 0 fully saturated rings. The van der Waals surface area contributed by atoms with Crippen LogP contribution >= 0.6 is 0 Å². The number of carboxylic acid groups (broad SMARTS) is 1. The van der Waals surface area contributed by atoms with Crippen LogP contribution in [0, 0.1) is 6.92 Å². The lowest BCUT2D eigenvalue weighted by Crippen LogP contribution is -2.45. The van der Waals surface area contributed by atoms with Crippen molar-refractivity contribution in [2.24, 2.45) is 0 Å². The molecule has 22 heavy (non-hydrogen) atoms. The molecule has 2 aromatic carbocycles. The zero-order valence-corrected chi connectivity index (χ0v) is 13.0. The highest BCUT2D eigenvalue weighted by atomic mass is 16.4. The number of rotatable bonds is 3. The first-order valence-electron chi connectivity index (χ1n) is 7.71. The fraction of sp³-hybridized carbons (Fsp3) is 0.316. The Balaban J connectivity index is 2.14. The third kappa shape index (κ3) is 2.53. The number of nitrogens with zero attached hydrogens (tertiary/aromatic N) is 1. The number of hydrogen-bond donors (Lipinski definition) is 1. The second kappa shape index (κ2) is 5.93. The van der Waals surface area contributed by atoms with Crippen LogP contribution in [-0.4, -0.2) is 28.6 Å². The maximum atomic E-state index is 11.5. The van der Waals surface area contributed by atoms with Crippen LogP contribution < -0.4 is 0 Å². The van der Waals surface area contributed by atoms with E-state index in [9.17, 15) is 9.90 Å². The lowest BCUT2D eigenvalue weighted by atomic mass is 9.85. The lowest BCUT2D eigenvalue weighted by Gasteiger charge is -2.40. The maximum Gasteiger partial charge on any atom is 0.320 e. The summed E-state index contributed by atoms with van der Waals surface area (Å²) in [7, 11) is 0. The average Bonchev–Trinajstić information content (AvgIpc) is 2.53. The maximum absolute atomic E-state index is 11.5. The van der Waals surface area contributed by atoms with Crippen molar-refractivity contribution in [3.05, 3.63) is 70.8 Å². The minimum atomic E-state index is -0.766. The molecule has 1 aliphatic heterocycles. The molecule has 0 aromatic heterocycles. The van der Waals surface area contributed by atoms with Gasteiger partial charge in [-0.05, 0) is 42.5 Å². The van der Waals surface area contributed by atoms with Crippen molar-refractivity contribution in [3.8, 4) is 0 Å². The van der Waals surface area contributed by atoms with Gasteiger partial charge in [0.05, 0.1) is 6.04 Å². The Morgan fingerprint density at radius 3 is 2.45 bits per heavy atom. The SMILES string of the molecule is Cc1ccccc1[C@H]1c2ccccc2CCN1[C@@H](C)C(=O)O. The smallest absolute Gasteiger partial charge is 0.320 e. The first-order chi connectivity index (χ1) is 10.6. The first kappa shape index (κ1) is 14.8. The van der Waals surface area contributed by atoms with Crippen LogP contribution in [0.5, 0.6) is 0 Å². The fourth-order valence-electron chi connectivity index (χ4n) is 3.38. The first-order valence-corrected chi connectivity index (χ1v) is 7.71. The van der Waals surface area contributed by atoms with Crippen molar-refractivity contribution in [1.82, 2.24) is 4.90 Å². The molecule has 0 bridgehead atoms. The van der Waals surface area contributed by atoms with E-state index in [-0.39, 0.29) is 6.04 Å². The highest BCUT2D eigenvalue weighted by molar-refractivity contribution is 5.73. The molecule has 3 heteroatoms. The van der Waals surface area contributed by atoms with E-state index in [4.69, 9.17) is 0 Å². The monoisotopic (exact) mass is 295 g/mol.